The number of ether oxygens (including phenoxy) is 1. The average molecular weight is 324 g/mol. The van der Waals surface area contributed by atoms with E-state index in [0.29, 0.717) is 12.3 Å². The van der Waals surface area contributed by atoms with Crippen LogP contribution in [0.25, 0.3) is 0 Å². The summed E-state index contributed by atoms with van der Waals surface area (Å²) in [6.07, 6.45) is 4.92. The fraction of sp³-hybridized carbons (Fsp3) is 0.688. The van der Waals surface area contributed by atoms with Crippen LogP contribution in [0.2, 0.25) is 0 Å². The number of pyridine rings is 1. The van der Waals surface area contributed by atoms with E-state index >= 15 is 0 Å². The first kappa shape index (κ1) is 15.9. The van der Waals surface area contributed by atoms with E-state index in [9.17, 15) is 8.42 Å². The number of sulfone groups is 1. The maximum absolute atomic E-state index is 11.8. The summed E-state index contributed by atoms with van der Waals surface area (Å²) in [6.45, 7) is 4.38. The van der Waals surface area contributed by atoms with Crippen molar-refractivity contribution < 1.29 is 13.2 Å². The number of rotatable bonds is 5. The van der Waals surface area contributed by atoms with Gasteiger partial charge in [0.25, 0.3) is 0 Å². The van der Waals surface area contributed by atoms with Crippen molar-refractivity contribution in [3.8, 4) is 0 Å². The second kappa shape index (κ2) is 6.64. The summed E-state index contributed by atoms with van der Waals surface area (Å²) in [5, 5.41) is 0. The summed E-state index contributed by atoms with van der Waals surface area (Å²) in [6, 6.07) is 4.08. The summed E-state index contributed by atoms with van der Waals surface area (Å²) in [7, 11) is -2.88. The molecule has 2 aliphatic heterocycles. The summed E-state index contributed by atoms with van der Waals surface area (Å²) >= 11 is 0. The molecule has 2 fully saturated rings. The molecule has 0 N–H and O–H groups in total. The fourth-order valence-corrected chi connectivity index (χ4v) is 5.09. The van der Waals surface area contributed by atoms with Crippen molar-refractivity contribution in [2.75, 3.05) is 24.7 Å². The van der Waals surface area contributed by atoms with E-state index in [4.69, 9.17) is 4.74 Å². The van der Waals surface area contributed by atoms with Crippen LogP contribution in [-0.2, 0) is 21.1 Å². The van der Waals surface area contributed by atoms with Crippen LogP contribution in [0.15, 0.2) is 18.3 Å². The van der Waals surface area contributed by atoms with Crippen molar-refractivity contribution in [1.29, 1.82) is 0 Å². The van der Waals surface area contributed by atoms with E-state index in [0.717, 1.165) is 43.7 Å². The minimum Gasteiger partial charge on any atom is -0.377 e. The molecule has 122 valence electrons. The van der Waals surface area contributed by atoms with E-state index < -0.39 is 9.84 Å². The summed E-state index contributed by atoms with van der Waals surface area (Å²) in [5.41, 5.74) is 2.19. The molecule has 0 aromatic carbocycles. The Morgan fingerprint density at radius 3 is 2.91 bits per heavy atom. The molecule has 0 radical (unpaired) electrons. The molecule has 0 saturated carbocycles. The van der Waals surface area contributed by atoms with Crippen molar-refractivity contribution in [3.63, 3.8) is 0 Å². The van der Waals surface area contributed by atoms with Gasteiger partial charge in [-0.15, -0.1) is 0 Å². The summed E-state index contributed by atoms with van der Waals surface area (Å²) in [5.74, 6) is 0.576. The average Bonchev–Trinajstić information content (AvgIpc) is 3.10. The second-order valence-electron chi connectivity index (χ2n) is 6.39. The van der Waals surface area contributed by atoms with Crippen molar-refractivity contribution in [2.45, 2.75) is 44.9 Å². The molecule has 2 atom stereocenters. The lowest BCUT2D eigenvalue weighted by Gasteiger charge is -2.30. The lowest BCUT2D eigenvalue weighted by molar-refractivity contribution is 0.0568. The highest BCUT2D eigenvalue weighted by Gasteiger charge is 2.34. The molecular formula is C16H24N2O3S. The van der Waals surface area contributed by atoms with Gasteiger partial charge in [0, 0.05) is 31.9 Å². The van der Waals surface area contributed by atoms with Crippen molar-refractivity contribution >= 4 is 9.84 Å². The lowest BCUT2D eigenvalue weighted by atomic mass is 10.1. The smallest absolute Gasteiger partial charge is 0.151 e. The van der Waals surface area contributed by atoms with Gasteiger partial charge in [0.15, 0.2) is 9.84 Å². The van der Waals surface area contributed by atoms with Gasteiger partial charge in [0.1, 0.15) is 0 Å². The third-order valence-corrected chi connectivity index (χ3v) is 6.41. The Labute approximate surface area is 132 Å². The number of aromatic nitrogens is 1. The summed E-state index contributed by atoms with van der Waals surface area (Å²) < 4.78 is 29.4. The van der Waals surface area contributed by atoms with Gasteiger partial charge >= 0.3 is 0 Å². The van der Waals surface area contributed by atoms with Gasteiger partial charge in [-0.3, -0.25) is 9.88 Å². The largest absolute Gasteiger partial charge is 0.377 e. The van der Waals surface area contributed by atoms with Gasteiger partial charge in [0.2, 0.25) is 0 Å². The molecular weight excluding hydrogens is 300 g/mol. The summed E-state index contributed by atoms with van der Waals surface area (Å²) in [4.78, 5) is 6.74. The minimum atomic E-state index is -2.88. The quantitative estimate of drug-likeness (QED) is 0.822. The zero-order chi connectivity index (χ0) is 15.6. The predicted octanol–water partition coefficient (Wildman–Crippen LogP) is 1.56. The Bertz CT molecular complexity index is 612. The Hall–Kier alpha value is -0.980. The Morgan fingerprint density at radius 2 is 2.27 bits per heavy atom. The third kappa shape index (κ3) is 3.86. The van der Waals surface area contributed by atoms with E-state index in [1.165, 1.54) is 0 Å². The van der Waals surface area contributed by atoms with Crippen LogP contribution in [0, 0.1) is 6.92 Å². The lowest BCUT2D eigenvalue weighted by Crippen LogP contribution is -2.41. The molecule has 2 aliphatic rings. The molecule has 1 aromatic heterocycles. The normalized spacial score (nSPS) is 27.5. The standard InChI is InChI=1S/C16H24N2O3S/c1-13-4-2-7-17-16(13)11-18(10-15-5-3-8-21-15)14-6-9-22(19,20)12-14/h2,4,7,14-15H,3,5-6,8-12H2,1H3/t14-,15+/m1/s1. The van der Waals surface area contributed by atoms with Crippen LogP contribution in [0.3, 0.4) is 0 Å². The first-order valence-electron chi connectivity index (χ1n) is 8.00. The predicted molar refractivity (Wildman–Crippen MR) is 85.4 cm³/mol. The maximum Gasteiger partial charge on any atom is 0.151 e. The molecule has 0 spiro atoms. The van der Waals surface area contributed by atoms with E-state index in [-0.39, 0.29) is 17.9 Å². The van der Waals surface area contributed by atoms with Crippen molar-refractivity contribution in [3.05, 3.63) is 29.6 Å². The fourth-order valence-electron chi connectivity index (χ4n) is 3.33. The van der Waals surface area contributed by atoms with Crippen molar-refractivity contribution in [2.24, 2.45) is 0 Å². The molecule has 0 aliphatic carbocycles. The van der Waals surface area contributed by atoms with Gasteiger partial charge < -0.3 is 4.74 Å². The molecule has 22 heavy (non-hydrogen) atoms. The van der Waals surface area contributed by atoms with Gasteiger partial charge in [-0.2, -0.15) is 0 Å². The van der Waals surface area contributed by atoms with Gasteiger partial charge in [-0.05, 0) is 37.8 Å². The topological polar surface area (TPSA) is 59.5 Å². The third-order valence-electron chi connectivity index (χ3n) is 4.66. The maximum atomic E-state index is 11.8. The number of hydrogen-bond donors (Lipinski definition) is 0. The van der Waals surface area contributed by atoms with Gasteiger partial charge in [-0.1, -0.05) is 6.07 Å². The van der Waals surface area contributed by atoms with E-state index in [1.807, 2.05) is 6.07 Å². The number of hydrogen-bond acceptors (Lipinski definition) is 5. The van der Waals surface area contributed by atoms with Crippen LogP contribution in [0.5, 0.6) is 0 Å². The van der Waals surface area contributed by atoms with Gasteiger partial charge in [-0.25, -0.2) is 8.42 Å². The van der Waals surface area contributed by atoms with Crippen LogP contribution in [0.4, 0.5) is 0 Å². The highest BCUT2D eigenvalue weighted by molar-refractivity contribution is 7.91. The van der Waals surface area contributed by atoms with Crippen LogP contribution >= 0.6 is 0 Å². The molecule has 3 heterocycles. The molecule has 2 saturated heterocycles. The SMILES string of the molecule is Cc1cccnc1CN(C[C@@H]1CCCO1)[C@@H]1CCS(=O)(=O)C1. The van der Waals surface area contributed by atoms with Crippen LogP contribution in [0.1, 0.15) is 30.5 Å². The monoisotopic (exact) mass is 324 g/mol. The Kier molecular flexibility index (Phi) is 4.80. The molecule has 6 heteroatoms. The van der Waals surface area contributed by atoms with E-state index in [1.54, 1.807) is 6.20 Å². The van der Waals surface area contributed by atoms with E-state index in [2.05, 4.69) is 22.9 Å². The molecule has 5 nitrogen and oxygen atoms in total. The Balaban J connectivity index is 1.75. The zero-order valence-corrected chi connectivity index (χ0v) is 13.9. The Morgan fingerprint density at radius 1 is 1.41 bits per heavy atom. The van der Waals surface area contributed by atoms with Gasteiger partial charge in [0.05, 0.1) is 23.3 Å². The highest BCUT2D eigenvalue weighted by atomic mass is 32.2. The highest BCUT2D eigenvalue weighted by Crippen LogP contribution is 2.23. The minimum absolute atomic E-state index is 0.0932. The first-order valence-corrected chi connectivity index (χ1v) is 9.82. The molecule has 3 rings (SSSR count). The van der Waals surface area contributed by atoms with Crippen LogP contribution < -0.4 is 0 Å². The molecule has 0 unspecified atom stereocenters. The zero-order valence-electron chi connectivity index (χ0n) is 13.1. The van der Waals surface area contributed by atoms with Crippen LogP contribution in [-0.4, -0.2) is 55.1 Å². The first-order chi connectivity index (χ1) is 10.5. The van der Waals surface area contributed by atoms with Crippen molar-refractivity contribution in [1.82, 2.24) is 9.88 Å². The molecule has 0 bridgehead atoms. The second-order valence-corrected chi connectivity index (χ2v) is 8.62. The molecule has 1 aromatic rings. The number of aryl methyl sites for hydroxylation is 1. The molecule has 0 amide bonds. The number of nitrogens with zero attached hydrogens (tertiary/aromatic N) is 2.